The summed E-state index contributed by atoms with van der Waals surface area (Å²) in [7, 11) is -2.87. The first-order valence-electron chi connectivity index (χ1n) is 3.26. The fourth-order valence-corrected chi connectivity index (χ4v) is 2.65. The van der Waals surface area contributed by atoms with Crippen molar-refractivity contribution in [1.29, 1.82) is 0 Å². The van der Waals surface area contributed by atoms with E-state index in [1.54, 1.807) is 13.8 Å². The Morgan fingerprint density at radius 1 is 1.50 bits per heavy atom. The fourth-order valence-electron chi connectivity index (χ4n) is 1.21. The second kappa shape index (κ2) is 1.84. The summed E-state index contributed by atoms with van der Waals surface area (Å²) in [4.78, 5) is 0. The van der Waals surface area contributed by atoms with Crippen molar-refractivity contribution >= 4 is 9.84 Å². The molecule has 0 atom stereocenters. The van der Waals surface area contributed by atoms with Crippen molar-refractivity contribution in [3.05, 3.63) is 11.6 Å². The molecule has 0 aliphatic carbocycles. The van der Waals surface area contributed by atoms with Crippen molar-refractivity contribution in [2.75, 3.05) is 5.75 Å². The second-order valence-electron chi connectivity index (χ2n) is 3.35. The Kier molecular flexibility index (Phi) is 1.44. The van der Waals surface area contributed by atoms with Gasteiger partial charge in [0.1, 0.15) is 0 Å². The minimum Gasteiger partial charge on any atom is -0.228 e. The van der Waals surface area contributed by atoms with Crippen molar-refractivity contribution in [3.63, 3.8) is 0 Å². The van der Waals surface area contributed by atoms with E-state index >= 15 is 0 Å². The summed E-state index contributed by atoms with van der Waals surface area (Å²) in [5, 5.41) is 0. The molecule has 1 aliphatic heterocycles. The second-order valence-corrected chi connectivity index (χ2v) is 5.92. The van der Waals surface area contributed by atoms with Gasteiger partial charge < -0.3 is 0 Å². The third-order valence-electron chi connectivity index (χ3n) is 1.81. The maximum Gasteiger partial charge on any atom is 0.162 e. The summed E-state index contributed by atoms with van der Waals surface area (Å²) in [6, 6.07) is 0. The van der Waals surface area contributed by atoms with Gasteiger partial charge >= 0.3 is 0 Å². The number of hydrogen-bond donors (Lipinski definition) is 0. The number of sulfone groups is 1. The van der Waals surface area contributed by atoms with Crippen molar-refractivity contribution in [2.45, 2.75) is 25.5 Å². The molecule has 0 unspecified atom stereocenters. The van der Waals surface area contributed by atoms with Gasteiger partial charge in [0.05, 0.1) is 10.5 Å². The van der Waals surface area contributed by atoms with Gasteiger partial charge in [-0.05, 0) is 20.8 Å². The summed E-state index contributed by atoms with van der Waals surface area (Å²) in [6.45, 7) is 5.32. The van der Waals surface area contributed by atoms with Crippen molar-refractivity contribution in [2.24, 2.45) is 0 Å². The molecule has 58 valence electrons. The summed E-state index contributed by atoms with van der Waals surface area (Å²) in [5.74, 6) is 0.236. The van der Waals surface area contributed by atoms with E-state index in [9.17, 15) is 8.42 Å². The summed E-state index contributed by atoms with van der Waals surface area (Å²) >= 11 is 0. The van der Waals surface area contributed by atoms with Crippen LogP contribution in [-0.2, 0) is 9.84 Å². The molecule has 0 aromatic heterocycles. The lowest BCUT2D eigenvalue weighted by Crippen LogP contribution is -2.26. The molecule has 0 radical (unpaired) electrons. The standard InChI is InChI=1S/C7H12O2S/c1-6-4-7(2,3)10(8,9)5-6/h4H,5H2,1-3H3. The van der Waals surface area contributed by atoms with E-state index in [1.807, 2.05) is 13.0 Å². The van der Waals surface area contributed by atoms with Crippen LogP contribution in [0.5, 0.6) is 0 Å². The van der Waals surface area contributed by atoms with Gasteiger partial charge in [0.2, 0.25) is 0 Å². The van der Waals surface area contributed by atoms with E-state index in [0.717, 1.165) is 5.57 Å². The molecule has 3 heteroatoms. The quantitative estimate of drug-likeness (QED) is 0.498. The molecule has 0 spiro atoms. The Balaban J connectivity index is 3.17. The van der Waals surface area contributed by atoms with Crippen LogP contribution in [0.4, 0.5) is 0 Å². The molecule has 0 fully saturated rings. The smallest absolute Gasteiger partial charge is 0.162 e. The zero-order valence-corrected chi connectivity index (χ0v) is 7.33. The predicted octanol–water partition coefficient (Wildman–Crippen LogP) is 1.14. The lowest BCUT2D eigenvalue weighted by molar-refractivity contribution is 0.579. The van der Waals surface area contributed by atoms with E-state index in [-0.39, 0.29) is 5.75 Å². The van der Waals surface area contributed by atoms with E-state index in [0.29, 0.717) is 0 Å². The summed E-state index contributed by atoms with van der Waals surface area (Å²) < 4.78 is 21.9. The van der Waals surface area contributed by atoms with Gasteiger partial charge in [-0.1, -0.05) is 11.6 Å². The van der Waals surface area contributed by atoms with Gasteiger partial charge in [-0.25, -0.2) is 8.42 Å². The Hall–Kier alpha value is -0.310. The molecule has 1 rings (SSSR count). The van der Waals surface area contributed by atoms with Crippen LogP contribution in [0.15, 0.2) is 11.6 Å². The van der Waals surface area contributed by atoms with Gasteiger partial charge in [0.15, 0.2) is 9.84 Å². The predicted molar refractivity (Wildman–Crippen MR) is 41.6 cm³/mol. The van der Waals surface area contributed by atoms with Crippen LogP contribution in [0.25, 0.3) is 0 Å². The first-order chi connectivity index (χ1) is 4.35. The lowest BCUT2D eigenvalue weighted by atomic mass is 10.1. The molecule has 0 bridgehead atoms. The molecule has 0 amide bonds. The van der Waals surface area contributed by atoms with Crippen LogP contribution < -0.4 is 0 Å². The first kappa shape index (κ1) is 7.79. The highest BCUT2D eigenvalue weighted by Crippen LogP contribution is 2.28. The Morgan fingerprint density at radius 2 is 2.00 bits per heavy atom. The average Bonchev–Trinajstić information content (AvgIpc) is 1.73. The van der Waals surface area contributed by atoms with E-state index in [4.69, 9.17) is 0 Å². The van der Waals surface area contributed by atoms with E-state index < -0.39 is 14.6 Å². The molecule has 10 heavy (non-hydrogen) atoms. The van der Waals surface area contributed by atoms with Gasteiger partial charge in [0, 0.05) is 0 Å². The highest BCUT2D eigenvalue weighted by molar-refractivity contribution is 7.93. The maximum absolute atomic E-state index is 11.2. The van der Waals surface area contributed by atoms with Crippen LogP contribution in [0.3, 0.4) is 0 Å². The SMILES string of the molecule is CC1=CC(C)(C)S(=O)(=O)C1. The summed E-state index contributed by atoms with van der Waals surface area (Å²) in [5.41, 5.74) is 0.963. The average molecular weight is 160 g/mol. The normalized spacial score (nSPS) is 28.1. The highest BCUT2D eigenvalue weighted by atomic mass is 32.2. The third kappa shape index (κ3) is 0.985. The van der Waals surface area contributed by atoms with Crippen LogP contribution >= 0.6 is 0 Å². The van der Waals surface area contributed by atoms with E-state index in [2.05, 4.69) is 0 Å². The summed E-state index contributed by atoms with van der Waals surface area (Å²) in [6.07, 6.45) is 1.82. The minimum atomic E-state index is -2.87. The number of hydrogen-bond acceptors (Lipinski definition) is 2. The maximum atomic E-state index is 11.2. The molecule has 2 nitrogen and oxygen atoms in total. The molecular formula is C7H12O2S. The molecule has 0 N–H and O–H groups in total. The molecule has 0 aromatic rings. The number of rotatable bonds is 0. The third-order valence-corrected chi connectivity index (χ3v) is 4.37. The van der Waals surface area contributed by atoms with Crippen LogP contribution in [0.1, 0.15) is 20.8 Å². The van der Waals surface area contributed by atoms with Gasteiger partial charge in [-0.3, -0.25) is 0 Å². The monoisotopic (exact) mass is 160 g/mol. The molecule has 1 aliphatic rings. The molecule has 0 aromatic carbocycles. The first-order valence-corrected chi connectivity index (χ1v) is 4.91. The molecule has 1 heterocycles. The van der Waals surface area contributed by atoms with Crippen LogP contribution in [0.2, 0.25) is 0 Å². The molecule has 0 saturated heterocycles. The van der Waals surface area contributed by atoms with E-state index in [1.165, 1.54) is 0 Å². The zero-order chi connectivity index (χ0) is 7.99. The lowest BCUT2D eigenvalue weighted by Gasteiger charge is -2.12. The Bertz CT molecular complexity index is 270. The molecular weight excluding hydrogens is 148 g/mol. The van der Waals surface area contributed by atoms with Gasteiger partial charge in [-0.15, -0.1) is 0 Å². The minimum absolute atomic E-state index is 0.236. The highest BCUT2D eigenvalue weighted by Gasteiger charge is 2.37. The van der Waals surface area contributed by atoms with Crippen LogP contribution in [0, 0.1) is 0 Å². The van der Waals surface area contributed by atoms with Gasteiger partial charge in [-0.2, -0.15) is 0 Å². The topological polar surface area (TPSA) is 34.1 Å². The van der Waals surface area contributed by atoms with Gasteiger partial charge in [0.25, 0.3) is 0 Å². The fraction of sp³-hybridized carbons (Fsp3) is 0.714. The molecule has 0 saturated carbocycles. The van der Waals surface area contributed by atoms with Crippen molar-refractivity contribution < 1.29 is 8.42 Å². The van der Waals surface area contributed by atoms with Crippen molar-refractivity contribution in [1.82, 2.24) is 0 Å². The van der Waals surface area contributed by atoms with Crippen molar-refractivity contribution in [3.8, 4) is 0 Å². The zero-order valence-electron chi connectivity index (χ0n) is 6.51. The Morgan fingerprint density at radius 3 is 2.10 bits per heavy atom. The largest absolute Gasteiger partial charge is 0.228 e. The van der Waals surface area contributed by atoms with Crippen LogP contribution in [-0.4, -0.2) is 18.9 Å². The Labute approximate surface area is 61.9 Å².